The Bertz CT molecular complexity index is 1740. The van der Waals surface area contributed by atoms with Crippen LogP contribution in [0.25, 0.3) is 33.2 Å². The van der Waals surface area contributed by atoms with Crippen LogP contribution in [-0.2, 0) is 9.53 Å². The maximum atomic E-state index is 12.6. The van der Waals surface area contributed by atoms with E-state index in [4.69, 9.17) is 19.4 Å². The molecule has 202 valence electrons. The van der Waals surface area contributed by atoms with Gasteiger partial charge in [0.05, 0.1) is 17.2 Å². The summed E-state index contributed by atoms with van der Waals surface area (Å²) >= 11 is 0. The molecular formula is C30H28N6O4. The van der Waals surface area contributed by atoms with Gasteiger partial charge >= 0.3 is 6.09 Å². The van der Waals surface area contributed by atoms with E-state index in [1.165, 1.54) is 10.9 Å². The SMILES string of the molecule is C=CNC(=O)COc1cccc(-c2nc(Nc3ccc4c(cnn4C(=O)OC(C)(C)C)c3)c3ccccc3n2)c1. The molecule has 40 heavy (non-hydrogen) atoms. The predicted molar refractivity (Wildman–Crippen MR) is 153 cm³/mol. The average molecular weight is 537 g/mol. The van der Waals surface area contributed by atoms with E-state index < -0.39 is 11.7 Å². The lowest BCUT2D eigenvalue weighted by Gasteiger charge is -2.19. The number of carbonyl (C=O) groups is 2. The van der Waals surface area contributed by atoms with Crippen LogP contribution in [0.2, 0.25) is 0 Å². The van der Waals surface area contributed by atoms with Gasteiger partial charge in [-0.1, -0.05) is 30.8 Å². The summed E-state index contributed by atoms with van der Waals surface area (Å²) in [6.07, 6.45) is 2.39. The maximum absolute atomic E-state index is 12.6. The first-order valence-electron chi connectivity index (χ1n) is 12.6. The molecule has 2 N–H and O–H groups in total. The monoisotopic (exact) mass is 536 g/mol. The average Bonchev–Trinajstić information content (AvgIpc) is 3.35. The fourth-order valence-electron chi connectivity index (χ4n) is 4.03. The lowest BCUT2D eigenvalue weighted by Crippen LogP contribution is -2.27. The van der Waals surface area contributed by atoms with Crippen molar-refractivity contribution in [3.8, 4) is 17.1 Å². The first kappa shape index (κ1) is 26.4. The van der Waals surface area contributed by atoms with Gasteiger partial charge in [-0.15, -0.1) is 0 Å². The minimum Gasteiger partial charge on any atom is -0.484 e. The second-order valence-corrected chi connectivity index (χ2v) is 9.94. The molecule has 0 atom stereocenters. The van der Waals surface area contributed by atoms with Crippen molar-refractivity contribution in [1.82, 2.24) is 25.1 Å². The smallest absolute Gasteiger partial charge is 0.435 e. The third-order valence-corrected chi connectivity index (χ3v) is 5.73. The fraction of sp³-hybridized carbons (Fsp3) is 0.167. The van der Waals surface area contributed by atoms with Crippen molar-refractivity contribution in [2.75, 3.05) is 11.9 Å². The number of anilines is 2. The summed E-state index contributed by atoms with van der Waals surface area (Å²) in [5, 5.41) is 11.7. The van der Waals surface area contributed by atoms with Crippen molar-refractivity contribution in [3.63, 3.8) is 0 Å². The van der Waals surface area contributed by atoms with Crippen LogP contribution in [0.3, 0.4) is 0 Å². The van der Waals surface area contributed by atoms with Crippen molar-refractivity contribution in [2.24, 2.45) is 0 Å². The minimum atomic E-state index is -0.631. The van der Waals surface area contributed by atoms with Gasteiger partial charge in [-0.05, 0) is 69.4 Å². The molecule has 0 saturated heterocycles. The molecule has 5 rings (SSSR count). The van der Waals surface area contributed by atoms with E-state index in [1.807, 2.05) is 75.4 Å². The Labute approximate surface area is 230 Å². The van der Waals surface area contributed by atoms with Crippen LogP contribution < -0.4 is 15.4 Å². The zero-order valence-electron chi connectivity index (χ0n) is 22.3. The van der Waals surface area contributed by atoms with Crippen molar-refractivity contribution < 1.29 is 19.1 Å². The molecule has 5 aromatic rings. The Morgan fingerprint density at radius 3 is 2.65 bits per heavy atom. The molecule has 0 aliphatic carbocycles. The number of benzene rings is 3. The van der Waals surface area contributed by atoms with Gasteiger partial charge in [0, 0.05) is 22.0 Å². The van der Waals surface area contributed by atoms with E-state index in [1.54, 1.807) is 18.3 Å². The van der Waals surface area contributed by atoms with Gasteiger partial charge in [0.25, 0.3) is 5.91 Å². The number of nitrogens with one attached hydrogen (secondary N) is 2. The third kappa shape index (κ3) is 5.91. The lowest BCUT2D eigenvalue weighted by molar-refractivity contribution is -0.122. The highest BCUT2D eigenvalue weighted by Crippen LogP contribution is 2.30. The van der Waals surface area contributed by atoms with Crippen LogP contribution in [0.1, 0.15) is 20.8 Å². The summed E-state index contributed by atoms with van der Waals surface area (Å²) in [6, 6.07) is 20.5. The standard InChI is InChI=1S/C30H28N6O4/c1-5-31-26(37)18-39-22-10-8-9-19(16-22)27-34-24-12-7-6-11-23(24)28(35-27)33-21-13-14-25-20(15-21)17-32-36(25)29(38)40-30(2,3)4/h5-17H,1,18H2,2-4H3,(H,31,37)(H,33,34,35). The highest BCUT2D eigenvalue weighted by molar-refractivity contribution is 5.94. The first-order valence-corrected chi connectivity index (χ1v) is 12.6. The van der Waals surface area contributed by atoms with Gasteiger partial charge in [0.2, 0.25) is 0 Å². The molecule has 0 aliphatic heterocycles. The minimum absolute atomic E-state index is 0.145. The van der Waals surface area contributed by atoms with Crippen LogP contribution in [0.4, 0.5) is 16.3 Å². The number of fused-ring (bicyclic) bond motifs is 2. The summed E-state index contributed by atoms with van der Waals surface area (Å²) in [6.45, 7) is 8.76. The number of hydrogen-bond donors (Lipinski definition) is 2. The van der Waals surface area contributed by atoms with E-state index >= 15 is 0 Å². The molecule has 0 spiro atoms. The van der Waals surface area contributed by atoms with Gasteiger partial charge < -0.3 is 20.1 Å². The first-order chi connectivity index (χ1) is 19.2. The van der Waals surface area contributed by atoms with Crippen LogP contribution >= 0.6 is 0 Å². The Kier molecular flexibility index (Phi) is 7.15. The summed E-state index contributed by atoms with van der Waals surface area (Å²) in [5.74, 6) is 1.30. The largest absolute Gasteiger partial charge is 0.484 e. The number of para-hydroxylation sites is 1. The van der Waals surface area contributed by atoms with Crippen LogP contribution in [0.5, 0.6) is 5.75 Å². The molecule has 0 radical (unpaired) electrons. The quantitative estimate of drug-likeness (QED) is 0.267. The van der Waals surface area contributed by atoms with E-state index in [9.17, 15) is 9.59 Å². The van der Waals surface area contributed by atoms with Gasteiger partial charge in [0.1, 0.15) is 17.2 Å². The predicted octanol–water partition coefficient (Wildman–Crippen LogP) is 5.81. The highest BCUT2D eigenvalue weighted by atomic mass is 16.6. The van der Waals surface area contributed by atoms with E-state index in [-0.39, 0.29) is 12.5 Å². The Morgan fingerprint density at radius 1 is 1.02 bits per heavy atom. The topological polar surface area (TPSA) is 120 Å². The van der Waals surface area contributed by atoms with Crippen molar-refractivity contribution in [1.29, 1.82) is 0 Å². The molecule has 0 saturated carbocycles. The molecule has 0 fully saturated rings. The van der Waals surface area contributed by atoms with Crippen LogP contribution in [-0.4, -0.2) is 44.0 Å². The number of ether oxygens (including phenoxy) is 2. The Hall–Kier alpha value is -5.25. The van der Waals surface area contributed by atoms with Crippen molar-refractivity contribution >= 4 is 45.3 Å². The van der Waals surface area contributed by atoms with Crippen molar-refractivity contribution in [2.45, 2.75) is 26.4 Å². The van der Waals surface area contributed by atoms with Gasteiger partial charge in [-0.25, -0.2) is 14.8 Å². The van der Waals surface area contributed by atoms with Crippen LogP contribution in [0, 0.1) is 0 Å². The van der Waals surface area contributed by atoms with Crippen molar-refractivity contribution in [3.05, 3.63) is 85.7 Å². The van der Waals surface area contributed by atoms with E-state index in [0.717, 1.165) is 27.5 Å². The maximum Gasteiger partial charge on any atom is 0.435 e. The van der Waals surface area contributed by atoms with Gasteiger partial charge in [-0.2, -0.15) is 9.78 Å². The summed E-state index contributed by atoms with van der Waals surface area (Å²) in [7, 11) is 0. The molecule has 0 bridgehead atoms. The molecule has 10 heteroatoms. The Balaban J connectivity index is 1.45. The number of nitrogens with zero attached hydrogens (tertiary/aromatic N) is 4. The molecule has 1 amide bonds. The summed E-state index contributed by atoms with van der Waals surface area (Å²) in [4.78, 5) is 33.9. The molecule has 0 unspecified atom stereocenters. The fourth-order valence-corrected chi connectivity index (χ4v) is 4.03. The van der Waals surface area contributed by atoms with Crippen LogP contribution in [0.15, 0.2) is 85.7 Å². The molecule has 2 heterocycles. The highest BCUT2D eigenvalue weighted by Gasteiger charge is 2.20. The molecule has 3 aromatic carbocycles. The number of amides is 1. The molecule has 10 nitrogen and oxygen atoms in total. The molecule has 2 aromatic heterocycles. The van der Waals surface area contributed by atoms with Gasteiger partial charge in [0.15, 0.2) is 12.4 Å². The zero-order chi connectivity index (χ0) is 28.3. The lowest BCUT2D eigenvalue weighted by atomic mass is 10.1. The zero-order valence-corrected chi connectivity index (χ0v) is 22.3. The summed E-state index contributed by atoms with van der Waals surface area (Å²) in [5.41, 5.74) is 2.24. The van der Waals surface area contributed by atoms with E-state index in [2.05, 4.69) is 22.3 Å². The number of aromatic nitrogens is 4. The van der Waals surface area contributed by atoms with E-state index in [0.29, 0.717) is 22.9 Å². The molecular weight excluding hydrogens is 508 g/mol. The molecule has 0 aliphatic rings. The number of carbonyl (C=O) groups excluding carboxylic acids is 2. The second-order valence-electron chi connectivity index (χ2n) is 9.94. The number of rotatable bonds is 7. The number of hydrogen-bond acceptors (Lipinski definition) is 8. The Morgan fingerprint density at radius 2 is 1.85 bits per heavy atom. The summed E-state index contributed by atoms with van der Waals surface area (Å²) < 4.78 is 12.3. The normalized spacial score (nSPS) is 11.3. The van der Waals surface area contributed by atoms with Gasteiger partial charge in [-0.3, -0.25) is 4.79 Å². The third-order valence-electron chi connectivity index (χ3n) is 5.73. The second kappa shape index (κ2) is 10.9.